The lowest BCUT2D eigenvalue weighted by molar-refractivity contribution is -0.870. The summed E-state index contributed by atoms with van der Waals surface area (Å²) in [5.41, 5.74) is 0. The molecule has 51 heavy (non-hydrogen) atoms. The second kappa shape index (κ2) is 34.2. The summed E-state index contributed by atoms with van der Waals surface area (Å²) in [6.45, 7) is 6.99. The summed E-state index contributed by atoms with van der Waals surface area (Å²) in [6, 6.07) is 0. The number of unbranched alkanes of at least 4 members (excludes halogenated alkanes) is 26. The maximum Gasteiger partial charge on any atom is 0.186 e. The Morgan fingerprint density at radius 1 is 0.451 bits per heavy atom. The molecular weight excluding hydrogens is 638 g/mol. The fraction of sp³-hybridized carbons (Fsp3) is 1.00. The highest BCUT2D eigenvalue weighted by Crippen LogP contribution is 2.28. The third kappa shape index (κ3) is 27.9. The van der Waals surface area contributed by atoms with Crippen molar-refractivity contribution >= 4 is 0 Å². The second-order valence-corrected chi connectivity index (χ2v) is 16.8. The molecule has 1 aliphatic rings. The van der Waals surface area contributed by atoms with E-state index in [9.17, 15) is 10.2 Å². The monoisotopic (exact) mass is 729 g/mol. The normalized spacial score (nSPS) is 21.1. The average Bonchev–Trinajstić information content (AvgIpc) is 3.11. The fourth-order valence-corrected chi connectivity index (χ4v) is 7.31. The van der Waals surface area contributed by atoms with E-state index in [1.807, 2.05) is 0 Å². The molecule has 0 amide bonds. The number of hydrogen-bond donors (Lipinski definition) is 2. The number of ether oxygens (including phenoxy) is 4. The van der Waals surface area contributed by atoms with Crippen molar-refractivity contribution in [3.63, 3.8) is 0 Å². The zero-order valence-electron chi connectivity index (χ0n) is 34.9. The molecule has 0 aliphatic carbocycles. The molecule has 306 valence electrons. The predicted molar refractivity (Wildman–Crippen MR) is 215 cm³/mol. The third-order valence-corrected chi connectivity index (χ3v) is 10.7. The highest BCUT2D eigenvalue weighted by molar-refractivity contribution is 4.91. The van der Waals surface area contributed by atoms with Crippen LogP contribution in [0.15, 0.2) is 0 Å². The molecule has 7 nitrogen and oxygen atoms in total. The Balaban J connectivity index is 2.40. The van der Waals surface area contributed by atoms with Gasteiger partial charge >= 0.3 is 0 Å². The molecule has 1 fully saturated rings. The van der Waals surface area contributed by atoms with E-state index in [4.69, 9.17) is 18.9 Å². The summed E-state index contributed by atoms with van der Waals surface area (Å²) in [5, 5.41) is 21.2. The minimum absolute atomic E-state index is 0.274. The number of rotatable bonds is 38. The van der Waals surface area contributed by atoms with Crippen LogP contribution in [0.5, 0.6) is 0 Å². The van der Waals surface area contributed by atoms with Crippen molar-refractivity contribution in [1.29, 1.82) is 0 Å². The molecule has 0 saturated carbocycles. The summed E-state index contributed by atoms with van der Waals surface area (Å²) in [5.74, 6) is 0. The summed E-state index contributed by atoms with van der Waals surface area (Å²) in [4.78, 5) is 0. The SMILES string of the molecule is CCCCCCCCCCCCCCCCO[C@H]1[C@H](OCCC[N+](C)(C)C)O[C@H](CO)[C@@H](O)[C@@H]1OCCCCCCCCCCCCCCCC. The van der Waals surface area contributed by atoms with E-state index in [0.717, 1.165) is 43.1 Å². The van der Waals surface area contributed by atoms with Crippen LogP contribution >= 0.6 is 0 Å². The van der Waals surface area contributed by atoms with Gasteiger partial charge in [-0.3, -0.25) is 0 Å². The van der Waals surface area contributed by atoms with Gasteiger partial charge in [-0.1, -0.05) is 181 Å². The molecule has 2 N–H and O–H groups in total. The smallest absolute Gasteiger partial charge is 0.186 e. The van der Waals surface area contributed by atoms with Gasteiger partial charge in [0.15, 0.2) is 6.29 Å². The molecule has 0 aromatic rings. The molecule has 0 radical (unpaired) electrons. The van der Waals surface area contributed by atoms with Gasteiger partial charge in [0.05, 0.1) is 40.9 Å². The third-order valence-electron chi connectivity index (χ3n) is 10.7. The van der Waals surface area contributed by atoms with Gasteiger partial charge in [0.2, 0.25) is 0 Å². The van der Waals surface area contributed by atoms with Crippen LogP contribution in [0, 0.1) is 0 Å². The number of nitrogens with zero attached hydrogens (tertiary/aromatic N) is 1. The molecule has 7 heteroatoms. The zero-order valence-corrected chi connectivity index (χ0v) is 34.9. The lowest BCUT2D eigenvalue weighted by atomic mass is 9.98. The Kier molecular flexibility index (Phi) is 32.7. The molecule has 1 rings (SSSR count). The predicted octanol–water partition coefficient (Wildman–Crippen LogP) is 10.9. The van der Waals surface area contributed by atoms with Gasteiger partial charge in [0.1, 0.15) is 24.4 Å². The van der Waals surface area contributed by atoms with Crippen LogP contribution < -0.4 is 0 Å². The Hall–Kier alpha value is -0.280. The van der Waals surface area contributed by atoms with Gasteiger partial charge in [0.25, 0.3) is 0 Å². The summed E-state index contributed by atoms with van der Waals surface area (Å²) < 4.78 is 26.0. The van der Waals surface area contributed by atoms with E-state index in [1.165, 1.54) is 154 Å². The second-order valence-electron chi connectivity index (χ2n) is 16.8. The van der Waals surface area contributed by atoms with Gasteiger partial charge < -0.3 is 33.6 Å². The van der Waals surface area contributed by atoms with Crippen LogP contribution in [0.4, 0.5) is 0 Å². The molecule has 5 atom stereocenters. The largest absolute Gasteiger partial charge is 0.394 e. The summed E-state index contributed by atoms with van der Waals surface area (Å²) >= 11 is 0. The molecule has 0 bridgehead atoms. The zero-order chi connectivity index (χ0) is 37.3. The van der Waals surface area contributed by atoms with Crippen LogP contribution in [0.1, 0.15) is 200 Å². The van der Waals surface area contributed by atoms with Crippen LogP contribution in [0.25, 0.3) is 0 Å². The maximum absolute atomic E-state index is 11.2. The molecule has 1 saturated heterocycles. The highest BCUT2D eigenvalue weighted by Gasteiger charge is 2.47. The van der Waals surface area contributed by atoms with Crippen molar-refractivity contribution in [2.24, 2.45) is 0 Å². The van der Waals surface area contributed by atoms with E-state index >= 15 is 0 Å². The summed E-state index contributed by atoms with van der Waals surface area (Å²) in [6.07, 6.45) is 34.4. The molecular formula is C44H90NO6+. The number of aliphatic hydroxyl groups is 2. The minimum atomic E-state index is -0.950. The Bertz CT molecular complexity index is 718. The molecule has 0 aromatic carbocycles. The average molecular weight is 729 g/mol. The van der Waals surface area contributed by atoms with Crippen LogP contribution in [-0.4, -0.2) is 99.5 Å². The Morgan fingerprint density at radius 3 is 1.14 bits per heavy atom. The van der Waals surface area contributed by atoms with Gasteiger partial charge in [0, 0.05) is 19.6 Å². The van der Waals surface area contributed by atoms with E-state index in [1.54, 1.807) is 0 Å². The van der Waals surface area contributed by atoms with Crippen molar-refractivity contribution < 1.29 is 33.6 Å². The number of aliphatic hydroxyl groups excluding tert-OH is 2. The fourth-order valence-electron chi connectivity index (χ4n) is 7.31. The molecule has 0 unspecified atom stereocenters. The first-order valence-corrected chi connectivity index (χ1v) is 22.4. The lowest BCUT2D eigenvalue weighted by Gasteiger charge is -2.43. The van der Waals surface area contributed by atoms with Gasteiger partial charge in [-0.2, -0.15) is 0 Å². The van der Waals surface area contributed by atoms with Crippen molar-refractivity contribution in [3.8, 4) is 0 Å². The standard InChI is InChI=1S/C44H90NO6/c1-6-8-10-12-14-16-18-20-22-24-26-28-30-32-36-48-42-41(47)40(39-46)51-44(50-38-34-35-45(3,4)5)43(42)49-37-33-31-29-27-25-23-21-19-17-15-13-11-9-7-2/h40-44,46-47H,6-39H2,1-5H3/q+1/t40-,41-,42+,43-,44-/m1/s1. The highest BCUT2D eigenvalue weighted by atomic mass is 16.7. The first-order valence-electron chi connectivity index (χ1n) is 22.4. The first kappa shape index (κ1) is 48.7. The van der Waals surface area contributed by atoms with E-state index in [-0.39, 0.29) is 6.61 Å². The molecule has 1 heterocycles. The van der Waals surface area contributed by atoms with E-state index < -0.39 is 30.7 Å². The van der Waals surface area contributed by atoms with Gasteiger partial charge in [-0.25, -0.2) is 0 Å². The van der Waals surface area contributed by atoms with Crippen LogP contribution in [0.3, 0.4) is 0 Å². The topological polar surface area (TPSA) is 77.4 Å². The van der Waals surface area contributed by atoms with E-state index in [2.05, 4.69) is 35.0 Å². The summed E-state index contributed by atoms with van der Waals surface area (Å²) in [7, 11) is 6.54. The lowest BCUT2D eigenvalue weighted by Crippen LogP contribution is -2.61. The van der Waals surface area contributed by atoms with Crippen LogP contribution in [-0.2, 0) is 18.9 Å². The number of quaternary nitrogens is 1. The Labute approximate surface area is 317 Å². The quantitative estimate of drug-likeness (QED) is 0.0487. The van der Waals surface area contributed by atoms with Crippen LogP contribution in [0.2, 0.25) is 0 Å². The van der Waals surface area contributed by atoms with Crippen molar-refractivity contribution in [1.82, 2.24) is 0 Å². The Morgan fingerprint density at radius 2 is 0.784 bits per heavy atom. The minimum Gasteiger partial charge on any atom is -0.394 e. The number of hydrogen-bond acceptors (Lipinski definition) is 6. The van der Waals surface area contributed by atoms with Gasteiger partial charge in [-0.05, 0) is 12.8 Å². The van der Waals surface area contributed by atoms with Crippen molar-refractivity contribution in [2.75, 3.05) is 54.1 Å². The van der Waals surface area contributed by atoms with Crippen molar-refractivity contribution in [2.45, 2.75) is 231 Å². The molecule has 1 aliphatic heterocycles. The molecule has 0 spiro atoms. The maximum atomic E-state index is 11.2. The molecule has 0 aromatic heterocycles. The van der Waals surface area contributed by atoms with Crippen molar-refractivity contribution in [3.05, 3.63) is 0 Å². The first-order chi connectivity index (χ1) is 24.8. The van der Waals surface area contributed by atoms with Gasteiger partial charge in [-0.15, -0.1) is 0 Å². The van der Waals surface area contributed by atoms with E-state index in [0.29, 0.717) is 19.8 Å².